The van der Waals surface area contributed by atoms with E-state index in [2.05, 4.69) is 20.9 Å². The van der Waals surface area contributed by atoms with Gasteiger partial charge in [0.2, 0.25) is 0 Å². The monoisotopic (exact) mass is 341 g/mol. The van der Waals surface area contributed by atoms with Crippen molar-refractivity contribution in [2.45, 2.75) is 38.1 Å². The molecule has 1 aromatic heterocycles. The van der Waals surface area contributed by atoms with Crippen molar-refractivity contribution >= 4 is 23.4 Å². The molecule has 2 aromatic rings. The van der Waals surface area contributed by atoms with Crippen LogP contribution in [0.2, 0.25) is 0 Å². The lowest BCUT2D eigenvalue weighted by molar-refractivity contribution is 0.102. The minimum Gasteiger partial charge on any atom is -0.356 e. The number of aromatic nitrogens is 2. The zero-order chi connectivity index (χ0) is 16.9. The maximum absolute atomic E-state index is 12.5. The zero-order valence-electron chi connectivity index (χ0n) is 14.3. The number of hydrogen-bond donors (Lipinski definition) is 0. The maximum atomic E-state index is 12.5. The van der Waals surface area contributed by atoms with Gasteiger partial charge in [-0.05, 0) is 38.7 Å². The Bertz CT molecular complexity index is 726. The van der Waals surface area contributed by atoms with Crippen LogP contribution in [0.25, 0.3) is 0 Å². The van der Waals surface area contributed by atoms with E-state index in [1.807, 2.05) is 32.0 Å². The highest BCUT2D eigenvalue weighted by molar-refractivity contribution is 7.99. The third-order valence-corrected chi connectivity index (χ3v) is 5.27. The Morgan fingerprint density at radius 2 is 1.92 bits per heavy atom. The van der Waals surface area contributed by atoms with Gasteiger partial charge in [-0.25, -0.2) is 9.97 Å². The Morgan fingerprint density at radius 1 is 1.12 bits per heavy atom. The summed E-state index contributed by atoms with van der Waals surface area (Å²) in [5.74, 6) is 1.53. The van der Waals surface area contributed by atoms with Gasteiger partial charge < -0.3 is 4.90 Å². The predicted molar refractivity (Wildman–Crippen MR) is 99.1 cm³/mol. The van der Waals surface area contributed by atoms with E-state index in [0.29, 0.717) is 5.75 Å². The van der Waals surface area contributed by atoms with Gasteiger partial charge >= 0.3 is 0 Å². The number of benzene rings is 1. The van der Waals surface area contributed by atoms with Gasteiger partial charge in [-0.1, -0.05) is 35.5 Å². The van der Waals surface area contributed by atoms with Gasteiger partial charge in [-0.3, -0.25) is 4.79 Å². The second kappa shape index (κ2) is 7.79. The molecule has 4 nitrogen and oxygen atoms in total. The summed E-state index contributed by atoms with van der Waals surface area (Å²) in [6.07, 6.45) is 5.34. The average molecular weight is 341 g/mol. The van der Waals surface area contributed by atoms with Crippen molar-refractivity contribution < 1.29 is 4.79 Å². The molecule has 1 fully saturated rings. The van der Waals surface area contributed by atoms with Crippen molar-refractivity contribution in [1.82, 2.24) is 9.97 Å². The number of piperidine rings is 1. The van der Waals surface area contributed by atoms with Crippen LogP contribution in [0.1, 0.15) is 40.7 Å². The van der Waals surface area contributed by atoms with E-state index in [1.165, 1.54) is 36.6 Å². The van der Waals surface area contributed by atoms with Crippen LogP contribution >= 0.6 is 11.8 Å². The molecule has 0 amide bonds. The highest BCUT2D eigenvalue weighted by Gasteiger charge is 2.14. The van der Waals surface area contributed by atoms with Crippen LogP contribution < -0.4 is 4.90 Å². The van der Waals surface area contributed by atoms with Gasteiger partial charge in [-0.2, -0.15) is 0 Å². The van der Waals surface area contributed by atoms with E-state index in [0.717, 1.165) is 35.1 Å². The molecule has 0 N–H and O–H groups in total. The van der Waals surface area contributed by atoms with Crippen LogP contribution in [0.15, 0.2) is 35.6 Å². The molecular formula is C19H23N3OS. The number of thioether (sulfide) groups is 1. The third-order valence-electron chi connectivity index (χ3n) is 4.34. The number of rotatable bonds is 5. The van der Waals surface area contributed by atoms with Crippen molar-refractivity contribution in [3.05, 3.63) is 47.3 Å². The minimum atomic E-state index is 0.149. The van der Waals surface area contributed by atoms with Gasteiger partial charge in [0.05, 0.1) is 5.75 Å². The molecule has 0 saturated carbocycles. The highest BCUT2D eigenvalue weighted by atomic mass is 32.2. The lowest BCUT2D eigenvalue weighted by atomic mass is 10.0. The Hall–Kier alpha value is -1.88. The number of Topliss-reactive ketones (excluding diaryl/α,β-unsaturated/α-hetero) is 1. The molecule has 5 heteroatoms. The van der Waals surface area contributed by atoms with E-state index >= 15 is 0 Å². The molecule has 3 rings (SSSR count). The Labute approximate surface area is 147 Å². The smallest absolute Gasteiger partial charge is 0.173 e. The number of aryl methyl sites for hydroxylation is 2. The number of ketones is 1. The molecule has 0 spiro atoms. The molecule has 0 radical (unpaired) electrons. The van der Waals surface area contributed by atoms with Crippen LogP contribution in [0.3, 0.4) is 0 Å². The van der Waals surface area contributed by atoms with Crippen molar-refractivity contribution in [1.29, 1.82) is 0 Å². The van der Waals surface area contributed by atoms with Gasteiger partial charge in [0.25, 0.3) is 0 Å². The Kier molecular flexibility index (Phi) is 5.51. The molecule has 2 heterocycles. The number of carbonyl (C=O) groups is 1. The first-order chi connectivity index (χ1) is 11.6. The SMILES string of the molecule is Cc1ccc(C(=O)CSc2cc(N3CCCCC3)ncn2)c(C)c1. The van der Waals surface area contributed by atoms with Gasteiger partial charge in [0.1, 0.15) is 17.2 Å². The minimum absolute atomic E-state index is 0.149. The number of hydrogen-bond acceptors (Lipinski definition) is 5. The predicted octanol–water partition coefficient (Wildman–Crippen LogP) is 4.06. The Morgan fingerprint density at radius 3 is 2.67 bits per heavy atom. The summed E-state index contributed by atoms with van der Waals surface area (Å²) in [5, 5.41) is 0.865. The fourth-order valence-electron chi connectivity index (χ4n) is 3.05. The van der Waals surface area contributed by atoms with Gasteiger partial charge in [-0.15, -0.1) is 0 Å². The van der Waals surface area contributed by atoms with Crippen LogP contribution in [0, 0.1) is 13.8 Å². The molecule has 1 aromatic carbocycles. The molecule has 1 aliphatic rings. The lowest BCUT2D eigenvalue weighted by Gasteiger charge is -2.27. The first-order valence-corrected chi connectivity index (χ1v) is 9.42. The van der Waals surface area contributed by atoms with E-state index in [-0.39, 0.29) is 5.78 Å². The number of nitrogens with zero attached hydrogens (tertiary/aromatic N) is 3. The highest BCUT2D eigenvalue weighted by Crippen LogP contribution is 2.23. The van der Waals surface area contributed by atoms with Gasteiger partial charge in [0.15, 0.2) is 5.78 Å². The third kappa shape index (κ3) is 4.15. The standard InChI is InChI=1S/C19H23N3OS/c1-14-6-7-16(15(2)10-14)17(23)12-24-19-11-18(20-13-21-19)22-8-4-3-5-9-22/h6-7,10-11,13H,3-5,8-9,12H2,1-2H3. The fraction of sp³-hybridized carbons (Fsp3) is 0.421. The lowest BCUT2D eigenvalue weighted by Crippen LogP contribution is -2.30. The average Bonchev–Trinajstić information content (AvgIpc) is 2.61. The zero-order valence-corrected chi connectivity index (χ0v) is 15.1. The largest absolute Gasteiger partial charge is 0.356 e. The van der Waals surface area contributed by atoms with E-state index in [9.17, 15) is 4.79 Å². The molecule has 24 heavy (non-hydrogen) atoms. The van der Waals surface area contributed by atoms with Crippen LogP contribution in [0.5, 0.6) is 0 Å². The second-order valence-electron chi connectivity index (χ2n) is 6.29. The summed E-state index contributed by atoms with van der Waals surface area (Å²) in [5.41, 5.74) is 3.02. The summed E-state index contributed by atoms with van der Waals surface area (Å²) in [6, 6.07) is 7.97. The van der Waals surface area contributed by atoms with E-state index in [4.69, 9.17) is 0 Å². The molecular weight excluding hydrogens is 318 g/mol. The summed E-state index contributed by atoms with van der Waals surface area (Å²) in [4.78, 5) is 23.5. The van der Waals surface area contributed by atoms with E-state index < -0.39 is 0 Å². The van der Waals surface area contributed by atoms with Crippen molar-refractivity contribution in [2.75, 3.05) is 23.7 Å². The first-order valence-electron chi connectivity index (χ1n) is 8.44. The summed E-state index contributed by atoms with van der Waals surface area (Å²) >= 11 is 1.49. The maximum Gasteiger partial charge on any atom is 0.173 e. The normalized spacial score (nSPS) is 14.7. The molecule has 0 aliphatic carbocycles. The molecule has 0 atom stereocenters. The fourth-order valence-corrected chi connectivity index (χ4v) is 3.79. The molecule has 1 aliphatic heterocycles. The summed E-state index contributed by atoms with van der Waals surface area (Å²) in [7, 11) is 0. The van der Waals surface area contributed by atoms with Crippen LogP contribution in [-0.2, 0) is 0 Å². The second-order valence-corrected chi connectivity index (χ2v) is 7.29. The summed E-state index contributed by atoms with van der Waals surface area (Å²) < 4.78 is 0. The molecule has 0 bridgehead atoms. The number of anilines is 1. The van der Waals surface area contributed by atoms with Gasteiger partial charge in [0, 0.05) is 24.7 Å². The van der Waals surface area contributed by atoms with Crippen molar-refractivity contribution in [3.8, 4) is 0 Å². The summed E-state index contributed by atoms with van der Waals surface area (Å²) in [6.45, 7) is 6.15. The van der Waals surface area contributed by atoms with Crippen molar-refractivity contribution in [2.24, 2.45) is 0 Å². The van der Waals surface area contributed by atoms with Crippen molar-refractivity contribution in [3.63, 3.8) is 0 Å². The molecule has 0 unspecified atom stereocenters. The Balaban J connectivity index is 1.64. The quantitative estimate of drug-likeness (QED) is 0.466. The van der Waals surface area contributed by atoms with Crippen LogP contribution in [-0.4, -0.2) is 34.6 Å². The first kappa shape index (κ1) is 17.0. The number of carbonyl (C=O) groups excluding carboxylic acids is 1. The topological polar surface area (TPSA) is 46.1 Å². The molecule has 1 saturated heterocycles. The molecule has 126 valence electrons. The van der Waals surface area contributed by atoms with E-state index in [1.54, 1.807) is 6.33 Å². The van der Waals surface area contributed by atoms with Crippen LogP contribution in [0.4, 0.5) is 5.82 Å².